The second kappa shape index (κ2) is 6.00. The zero-order valence-electron chi connectivity index (χ0n) is 10.3. The van der Waals surface area contributed by atoms with Crippen molar-refractivity contribution in [2.24, 2.45) is 0 Å². The van der Waals surface area contributed by atoms with Gasteiger partial charge in [0.05, 0.1) is 18.8 Å². The van der Waals surface area contributed by atoms with Crippen LogP contribution in [-0.2, 0) is 4.74 Å². The molecule has 4 nitrogen and oxygen atoms in total. The lowest BCUT2D eigenvalue weighted by atomic mass is 10.1. The number of nitrogens with one attached hydrogen (secondary N) is 1. The summed E-state index contributed by atoms with van der Waals surface area (Å²) in [5.74, 6) is 0.960. The number of hydrogen-bond donors (Lipinski definition) is 1. The van der Waals surface area contributed by atoms with Crippen molar-refractivity contribution in [3.63, 3.8) is 0 Å². The Hall–Kier alpha value is -0.360. The van der Waals surface area contributed by atoms with Gasteiger partial charge in [-0.1, -0.05) is 6.92 Å². The lowest BCUT2D eigenvalue weighted by Gasteiger charge is -2.38. The largest absolute Gasteiger partial charge is 0.453 e. The molecule has 1 aromatic heterocycles. The lowest BCUT2D eigenvalue weighted by Crippen LogP contribution is -2.47. The molecule has 0 bridgehead atoms. The molecule has 0 radical (unpaired) electrons. The van der Waals surface area contributed by atoms with Gasteiger partial charge in [0, 0.05) is 13.1 Å². The van der Waals surface area contributed by atoms with Crippen molar-refractivity contribution < 1.29 is 9.15 Å². The number of morpholine rings is 1. The first-order valence-corrected chi connectivity index (χ1v) is 6.79. The number of halogens is 1. The summed E-state index contributed by atoms with van der Waals surface area (Å²) in [5.41, 5.74) is 0. The first-order valence-electron chi connectivity index (χ1n) is 6.00. The zero-order valence-corrected chi connectivity index (χ0v) is 11.9. The quantitative estimate of drug-likeness (QED) is 0.923. The molecule has 96 valence electrons. The van der Waals surface area contributed by atoms with Gasteiger partial charge >= 0.3 is 0 Å². The van der Waals surface area contributed by atoms with Crippen LogP contribution in [0, 0.1) is 0 Å². The lowest BCUT2D eigenvalue weighted by molar-refractivity contribution is -0.0676. The van der Waals surface area contributed by atoms with E-state index in [1.807, 2.05) is 12.1 Å². The summed E-state index contributed by atoms with van der Waals surface area (Å²) in [6.45, 7) is 5.63. The van der Waals surface area contributed by atoms with Gasteiger partial charge in [-0.3, -0.25) is 4.90 Å². The van der Waals surface area contributed by atoms with E-state index in [1.54, 1.807) is 0 Å². The smallest absolute Gasteiger partial charge is 0.169 e. The van der Waals surface area contributed by atoms with Crippen LogP contribution in [0.15, 0.2) is 21.2 Å². The second-order valence-electron chi connectivity index (χ2n) is 4.28. The fourth-order valence-electron chi connectivity index (χ4n) is 2.21. The van der Waals surface area contributed by atoms with Gasteiger partial charge in [-0.2, -0.15) is 0 Å². The maximum absolute atomic E-state index is 5.85. The summed E-state index contributed by atoms with van der Waals surface area (Å²) in [6, 6.07) is 4.13. The highest BCUT2D eigenvalue weighted by Gasteiger charge is 2.33. The van der Waals surface area contributed by atoms with Crippen LogP contribution >= 0.6 is 15.9 Å². The van der Waals surface area contributed by atoms with Crippen molar-refractivity contribution >= 4 is 15.9 Å². The summed E-state index contributed by atoms with van der Waals surface area (Å²) < 4.78 is 12.3. The van der Waals surface area contributed by atoms with Crippen LogP contribution in [0.25, 0.3) is 0 Å². The van der Waals surface area contributed by atoms with E-state index in [0.717, 1.165) is 36.7 Å². The molecule has 17 heavy (non-hydrogen) atoms. The minimum absolute atomic E-state index is 0.145. The van der Waals surface area contributed by atoms with E-state index in [4.69, 9.17) is 9.15 Å². The Bertz CT molecular complexity index is 356. The number of hydrogen-bond acceptors (Lipinski definition) is 4. The minimum atomic E-state index is 0.145. The Morgan fingerprint density at radius 1 is 1.53 bits per heavy atom. The van der Waals surface area contributed by atoms with Gasteiger partial charge in [-0.05, 0) is 41.7 Å². The van der Waals surface area contributed by atoms with Gasteiger partial charge < -0.3 is 14.5 Å². The van der Waals surface area contributed by atoms with Crippen molar-refractivity contribution in [2.45, 2.75) is 19.1 Å². The van der Waals surface area contributed by atoms with Crippen LogP contribution in [0.2, 0.25) is 0 Å². The number of furan rings is 1. The van der Waals surface area contributed by atoms with E-state index in [1.165, 1.54) is 0 Å². The normalized spacial score (nSPS) is 26.3. The molecule has 1 saturated heterocycles. The highest BCUT2D eigenvalue weighted by atomic mass is 79.9. The standard InChI is InChI=1S/C12H19BrN2O2/c1-3-14-8-10-12(15(2)6-7-16-10)9-4-5-11(13)17-9/h4-5,10,12,14H,3,6-8H2,1-2H3. The maximum atomic E-state index is 5.85. The molecule has 1 N–H and O–H groups in total. The first-order chi connectivity index (χ1) is 8.22. The molecule has 1 fully saturated rings. The summed E-state index contributed by atoms with van der Waals surface area (Å²) in [4.78, 5) is 2.29. The van der Waals surface area contributed by atoms with Crippen molar-refractivity contribution in [3.8, 4) is 0 Å². The molecule has 0 aromatic carbocycles. The van der Waals surface area contributed by atoms with Crippen LogP contribution in [0.1, 0.15) is 18.7 Å². The molecule has 1 aromatic rings. The number of ether oxygens (including phenoxy) is 1. The fraction of sp³-hybridized carbons (Fsp3) is 0.667. The molecular formula is C12H19BrN2O2. The molecule has 5 heteroatoms. The monoisotopic (exact) mass is 302 g/mol. The van der Waals surface area contributed by atoms with E-state index in [2.05, 4.69) is 40.1 Å². The average Bonchev–Trinajstić information content (AvgIpc) is 2.73. The Morgan fingerprint density at radius 2 is 2.35 bits per heavy atom. The molecule has 0 amide bonds. The predicted molar refractivity (Wildman–Crippen MR) is 70.1 cm³/mol. The van der Waals surface area contributed by atoms with E-state index in [-0.39, 0.29) is 12.1 Å². The molecule has 1 aliphatic heterocycles. The summed E-state index contributed by atoms with van der Waals surface area (Å²) >= 11 is 3.35. The third kappa shape index (κ3) is 3.10. The van der Waals surface area contributed by atoms with Gasteiger partial charge in [-0.25, -0.2) is 0 Å². The maximum Gasteiger partial charge on any atom is 0.169 e. The Balaban J connectivity index is 2.12. The highest BCUT2D eigenvalue weighted by molar-refractivity contribution is 9.10. The second-order valence-corrected chi connectivity index (χ2v) is 5.07. The Morgan fingerprint density at radius 3 is 3.00 bits per heavy atom. The third-order valence-corrected chi connectivity index (χ3v) is 3.51. The SMILES string of the molecule is CCNCC1OCCN(C)C1c1ccc(Br)o1. The van der Waals surface area contributed by atoms with Crippen LogP contribution in [0.5, 0.6) is 0 Å². The molecule has 2 rings (SSSR count). The van der Waals surface area contributed by atoms with E-state index in [9.17, 15) is 0 Å². The fourth-order valence-corrected chi connectivity index (χ4v) is 2.53. The first kappa shape index (κ1) is 13.1. The summed E-state index contributed by atoms with van der Waals surface area (Å²) in [7, 11) is 2.11. The van der Waals surface area contributed by atoms with Crippen molar-refractivity contribution in [3.05, 3.63) is 22.6 Å². The average molecular weight is 303 g/mol. The van der Waals surface area contributed by atoms with Crippen molar-refractivity contribution in [2.75, 3.05) is 33.3 Å². The summed E-state index contributed by atoms with van der Waals surface area (Å²) in [6.07, 6.45) is 0.145. The van der Waals surface area contributed by atoms with Gasteiger partial charge in [0.1, 0.15) is 5.76 Å². The van der Waals surface area contributed by atoms with Gasteiger partial charge in [-0.15, -0.1) is 0 Å². The minimum Gasteiger partial charge on any atom is -0.453 e. The Labute approximate surface area is 110 Å². The molecule has 2 unspecified atom stereocenters. The molecular weight excluding hydrogens is 284 g/mol. The van der Waals surface area contributed by atoms with E-state index < -0.39 is 0 Å². The molecule has 0 spiro atoms. The van der Waals surface area contributed by atoms with E-state index in [0.29, 0.717) is 0 Å². The van der Waals surface area contributed by atoms with Crippen molar-refractivity contribution in [1.82, 2.24) is 10.2 Å². The van der Waals surface area contributed by atoms with Crippen LogP contribution in [0.3, 0.4) is 0 Å². The highest BCUT2D eigenvalue weighted by Crippen LogP contribution is 2.30. The molecule has 0 saturated carbocycles. The topological polar surface area (TPSA) is 37.6 Å². The van der Waals surface area contributed by atoms with Gasteiger partial charge in [0.2, 0.25) is 0 Å². The predicted octanol–water partition coefficient (Wildman–Crippen LogP) is 2.02. The van der Waals surface area contributed by atoms with E-state index >= 15 is 0 Å². The molecule has 2 atom stereocenters. The third-order valence-electron chi connectivity index (χ3n) is 3.08. The van der Waals surface area contributed by atoms with Crippen molar-refractivity contribution in [1.29, 1.82) is 0 Å². The van der Waals surface area contributed by atoms with Crippen LogP contribution in [-0.4, -0.2) is 44.3 Å². The molecule has 1 aliphatic rings. The summed E-state index contributed by atoms with van der Waals surface area (Å²) in [5, 5.41) is 3.34. The van der Waals surface area contributed by atoms with Gasteiger partial charge in [0.25, 0.3) is 0 Å². The number of nitrogens with zero attached hydrogens (tertiary/aromatic N) is 1. The molecule has 2 heterocycles. The number of rotatable bonds is 4. The molecule has 0 aliphatic carbocycles. The zero-order chi connectivity index (χ0) is 12.3. The van der Waals surface area contributed by atoms with Crippen LogP contribution < -0.4 is 5.32 Å². The Kier molecular flexibility index (Phi) is 4.62. The number of likely N-dealkylation sites (N-methyl/N-ethyl adjacent to an activating group) is 2. The van der Waals surface area contributed by atoms with Gasteiger partial charge in [0.15, 0.2) is 4.67 Å². The van der Waals surface area contributed by atoms with Crippen LogP contribution in [0.4, 0.5) is 0 Å².